The summed E-state index contributed by atoms with van der Waals surface area (Å²) < 4.78 is 12.9. The van der Waals surface area contributed by atoms with E-state index in [-0.39, 0.29) is 23.4 Å². The first-order valence-electron chi connectivity index (χ1n) is 6.19. The van der Waals surface area contributed by atoms with Gasteiger partial charge in [-0.3, -0.25) is 4.79 Å². The number of rotatable bonds is 3. The van der Waals surface area contributed by atoms with Crippen LogP contribution in [0.5, 0.6) is 0 Å². The van der Waals surface area contributed by atoms with Gasteiger partial charge in [0.25, 0.3) is 0 Å². The fourth-order valence-corrected chi connectivity index (χ4v) is 2.58. The number of Topliss-reactive ketones (excluding diaryl/α,β-unsaturated/α-hetero) is 1. The van der Waals surface area contributed by atoms with E-state index in [4.69, 9.17) is 11.6 Å². The van der Waals surface area contributed by atoms with Gasteiger partial charge in [-0.1, -0.05) is 24.6 Å². The van der Waals surface area contributed by atoms with Gasteiger partial charge in [0.2, 0.25) is 0 Å². The van der Waals surface area contributed by atoms with E-state index in [0.29, 0.717) is 17.1 Å². The molecule has 1 saturated heterocycles. The number of nitrogens with one attached hydrogen (secondary N) is 1. The van der Waals surface area contributed by atoms with Crippen molar-refractivity contribution in [2.24, 2.45) is 5.41 Å². The molecule has 1 N–H and O–H groups in total. The minimum Gasteiger partial charge on any atom is -0.316 e. The largest absolute Gasteiger partial charge is 0.316 e. The zero-order chi connectivity index (χ0) is 13.2. The van der Waals surface area contributed by atoms with E-state index in [1.54, 1.807) is 6.07 Å². The number of carbonyl (C=O) groups excluding carboxylic acids is 1. The molecule has 1 unspecified atom stereocenters. The lowest BCUT2D eigenvalue weighted by Gasteiger charge is -2.32. The SMILES string of the molecule is CC1(C(=O)Cc2ccc(F)cc2Cl)CCCNC1. The molecule has 4 heteroatoms. The number of hydrogen-bond acceptors (Lipinski definition) is 2. The summed E-state index contributed by atoms with van der Waals surface area (Å²) in [5, 5.41) is 3.58. The Morgan fingerprint density at radius 2 is 2.33 bits per heavy atom. The van der Waals surface area contributed by atoms with Gasteiger partial charge in [0.05, 0.1) is 0 Å². The summed E-state index contributed by atoms with van der Waals surface area (Å²) in [7, 11) is 0. The van der Waals surface area contributed by atoms with Crippen LogP contribution in [-0.4, -0.2) is 18.9 Å². The summed E-state index contributed by atoms with van der Waals surface area (Å²) in [6, 6.07) is 4.19. The van der Waals surface area contributed by atoms with E-state index >= 15 is 0 Å². The second-order valence-electron chi connectivity index (χ2n) is 5.18. The van der Waals surface area contributed by atoms with Crippen molar-refractivity contribution in [3.8, 4) is 0 Å². The lowest BCUT2D eigenvalue weighted by molar-refractivity contribution is -0.128. The van der Waals surface area contributed by atoms with Gasteiger partial charge in [0, 0.05) is 23.4 Å². The van der Waals surface area contributed by atoms with Crippen molar-refractivity contribution >= 4 is 17.4 Å². The molecule has 0 radical (unpaired) electrons. The lowest BCUT2D eigenvalue weighted by Crippen LogP contribution is -2.44. The van der Waals surface area contributed by atoms with E-state index in [9.17, 15) is 9.18 Å². The van der Waals surface area contributed by atoms with Crippen LogP contribution in [-0.2, 0) is 11.2 Å². The number of hydrogen-bond donors (Lipinski definition) is 1. The molecule has 0 aliphatic carbocycles. The Labute approximate surface area is 112 Å². The average Bonchev–Trinajstić information content (AvgIpc) is 2.33. The van der Waals surface area contributed by atoms with Gasteiger partial charge in [-0.15, -0.1) is 0 Å². The Balaban J connectivity index is 2.11. The number of piperidine rings is 1. The molecule has 1 aromatic rings. The number of benzene rings is 1. The summed E-state index contributed by atoms with van der Waals surface area (Å²) in [5.41, 5.74) is 0.380. The van der Waals surface area contributed by atoms with Crippen molar-refractivity contribution in [1.82, 2.24) is 5.32 Å². The van der Waals surface area contributed by atoms with Crippen LogP contribution in [0.1, 0.15) is 25.3 Å². The minimum atomic E-state index is -0.373. The molecule has 98 valence electrons. The average molecular weight is 270 g/mol. The van der Waals surface area contributed by atoms with Gasteiger partial charge >= 0.3 is 0 Å². The van der Waals surface area contributed by atoms with Crippen LogP contribution in [0.25, 0.3) is 0 Å². The number of carbonyl (C=O) groups is 1. The smallest absolute Gasteiger partial charge is 0.144 e. The molecule has 18 heavy (non-hydrogen) atoms. The predicted octanol–water partition coefficient (Wildman–Crippen LogP) is 2.98. The van der Waals surface area contributed by atoms with E-state index in [1.807, 2.05) is 6.92 Å². The molecule has 0 amide bonds. The molecule has 1 atom stereocenters. The maximum atomic E-state index is 12.9. The number of halogens is 2. The highest BCUT2D eigenvalue weighted by Gasteiger charge is 2.34. The van der Waals surface area contributed by atoms with Crippen LogP contribution < -0.4 is 5.32 Å². The van der Waals surface area contributed by atoms with Crippen molar-refractivity contribution in [2.45, 2.75) is 26.2 Å². The standard InChI is InChI=1S/C14H17ClFNO/c1-14(5-2-6-17-9-14)13(18)7-10-3-4-11(16)8-12(10)15/h3-4,8,17H,2,5-7,9H2,1H3. The Bertz CT molecular complexity index is 455. The van der Waals surface area contributed by atoms with Crippen LogP contribution in [0.3, 0.4) is 0 Å². The second-order valence-corrected chi connectivity index (χ2v) is 5.58. The van der Waals surface area contributed by atoms with E-state index in [1.165, 1.54) is 12.1 Å². The normalized spacial score (nSPS) is 23.9. The molecule has 1 aliphatic heterocycles. The van der Waals surface area contributed by atoms with Gasteiger partial charge < -0.3 is 5.32 Å². The monoisotopic (exact) mass is 269 g/mol. The third-order valence-corrected chi connectivity index (χ3v) is 3.99. The van der Waals surface area contributed by atoms with Crippen molar-refractivity contribution in [1.29, 1.82) is 0 Å². The molecule has 1 aromatic carbocycles. The second kappa shape index (κ2) is 5.37. The van der Waals surface area contributed by atoms with Gasteiger partial charge in [-0.2, -0.15) is 0 Å². The first-order valence-corrected chi connectivity index (χ1v) is 6.57. The summed E-state index contributed by atoms with van der Waals surface area (Å²) in [6.07, 6.45) is 2.19. The fourth-order valence-electron chi connectivity index (χ4n) is 2.35. The highest BCUT2D eigenvalue weighted by Crippen LogP contribution is 2.29. The summed E-state index contributed by atoms with van der Waals surface area (Å²) >= 11 is 5.95. The zero-order valence-corrected chi connectivity index (χ0v) is 11.2. The van der Waals surface area contributed by atoms with Crippen LogP contribution >= 0.6 is 11.6 Å². The van der Waals surface area contributed by atoms with Crippen molar-refractivity contribution in [3.05, 3.63) is 34.6 Å². The Morgan fingerprint density at radius 1 is 1.56 bits per heavy atom. The van der Waals surface area contributed by atoms with E-state index in [2.05, 4.69) is 5.32 Å². The lowest BCUT2D eigenvalue weighted by atomic mass is 9.77. The Kier molecular flexibility index (Phi) is 4.03. The van der Waals surface area contributed by atoms with Crippen LogP contribution in [0.2, 0.25) is 5.02 Å². The molecule has 1 aliphatic rings. The molecule has 1 heterocycles. The number of ketones is 1. The topological polar surface area (TPSA) is 29.1 Å². The van der Waals surface area contributed by atoms with Crippen molar-refractivity contribution < 1.29 is 9.18 Å². The third-order valence-electron chi connectivity index (χ3n) is 3.64. The minimum absolute atomic E-state index is 0.170. The van der Waals surface area contributed by atoms with E-state index in [0.717, 1.165) is 19.4 Å². The quantitative estimate of drug-likeness (QED) is 0.914. The van der Waals surface area contributed by atoms with Crippen LogP contribution in [0.4, 0.5) is 4.39 Å². The molecule has 2 nitrogen and oxygen atoms in total. The fraction of sp³-hybridized carbons (Fsp3) is 0.500. The van der Waals surface area contributed by atoms with Crippen LogP contribution in [0, 0.1) is 11.2 Å². The van der Waals surface area contributed by atoms with Crippen LogP contribution in [0.15, 0.2) is 18.2 Å². The molecular weight excluding hydrogens is 253 g/mol. The summed E-state index contributed by atoms with van der Waals surface area (Å²) in [4.78, 5) is 12.3. The zero-order valence-electron chi connectivity index (χ0n) is 10.4. The van der Waals surface area contributed by atoms with Crippen molar-refractivity contribution in [2.75, 3.05) is 13.1 Å². The highest BCUT2D eigenvalue weighted by atomic mass is 35.5. The Hall–Kier alpha value is -0.930. The Morgan fingerprint density at radius 3 is 2.94 bits per heavy atom. The van der Waals surface area contributed by atoms with E-state index < -0.39 is 0 Å². The molecule has 0 saturated carbocycles. The first kappa shape index (κ1) is 13.5. The highest BCUT2D eigenvalue weighted by molar-refractivity contribution is 6.31. The molecule has 0 spiro atoms. The predicted molar refractivity (Wildman–Crippen MR) is 70.3 cm³/mol. The van der Waals surface area contributed by atoms with Gasteiger partial charge in [0.15, 0.2) is 0 Å². The van der Waals surface area contributed by atoms with Gasteiger partial charge in [0.1, 0.15) is 11.6 Å². The van der Waals surface area contributed by atoms with Gasteiger partial charge in [-0.25, -0.2) is 4.39 Å². The maximum Gasteiger partial charge on any atom is 0.144 e. The summed E-state index contributed by atoms with van der Waals surface area (Å²) in [6.45, 7) is 3.67. The molecular formula is C14H17ClFNO. The van der Waals surface area contributed by atoms with Gasteiger partial charge in [-0.05, 0) is 37.1 Å². The maximum absolute atomic E-state index is 12.9. The first-order chi connectivity index (χ1) is 8.51. The van der Waals surface area contributed by atoms with Crippen molar-refractivity contribution in [3.63, 3.8) is 0 Å². The molecule has 1 fully saturated rings. The molecule has 0 aromatic heterocycles. The molecule has 2 rings (SSSR count). The summed E-state index contributed by atoms with van der Waals surface area (Å²) in [5.74, 6) is -0.204. The molecule has 0 bridgehead atoms. The third kappa shape index (κ3) is 2.90.